The normalized spacial score (nSPS) is 10.8. The lowest BCUT2D eigenvalue weighted by Crippen LogP contribution is -2.03. The zero-order chi connectivity index (χ0) is 13.2. The molecule has 0 aliphatic rings. The highest BCUT2D eigenvalue weighted by molar-refractivity contribution is 9.10. The molecule has 3 aromatic rings. The van der Waals surface area contributed by atoms with Gasteiger partial charge in [-0.05, 0) is 29.3 Å². The standard InChI is InChI=1S/C12H9BrClN5/c13-8-3-1-7(2-4-8)5-15-10-9-11(17-6-16-9)19-12(14)18-10/h1-4,6H,5H2,(H2,15,16,17,18,19). The number of nitrogens with zero attached hydrogens (tertiary/aromatic N) is 3. The molecule has 7 heteroatoms. The Balaban J connectivity index is 1.85. The summed E-state index contributed by atoms with van der Waals surface area (Å²) >= 11 is 9.27. The summed E-state index contributed by atoms with van der Waals surface area (Å²) in [4.78, 5) is 15.3. The first kappa shape index (κ1) is 12.4. The number of halogens is 2. The molecule has 0 spiro atoms. The lowest BCUT2D eigenvalue weighted by Gasteiger charge is -2.06. The summed E-state index contributed by atoms with van der Waals surface area (Å²) in [5, 5.41) is 3.41. The van der Waals surface area contributed by atoms with Crippen LogP contribution in [0.2, 0.25) is 5.28 Å². The Morgan fingerprint density at radius 1 is 1.21 bits per heavy atom. The molecule has 5 nitrogen and oxygen atoms in total. The van der Waals surface area contributed by atoms with E-state index in [9.17, 15) is 0 Å². The van der Waals surface area contributed by atoms with Crippen LogP contribution < -0.4 is 5.32 Å². The molecule has 0 amide bonds. The van der Waals surface area contributed by atoms with E-state index in [1.807, 2.05) is 24.3 Å². The fraction of sp³-hybridized carbons (Fsp3) is 0.0833. The molecule has 96 valence electrons. The fourth-order valence-electron chi connectivity index (χ4n) is 1.72. The quantitative estimate of drug-likeness (QED) is 0.719. The molecule has 1 aromatic carbocycles. The second kappa shape index (κ2) is 5.14. The Kier molecular flexibility index (Phi) is 3.35. The van der Waals surface area contributed by atoms with E-state index in [0.717, 1.165) is 15.6 Å². The van der Waals surface area contributed by atoms with E-state index in [1.165, 1.54) is 0 Å². The largest absolute Gasteiger partial charge is 0.364 e. The van der Waals surface area contributed by atoms with Gasteiger partial charge in [0.1, 0.15) is 5.52 Å². The molecule has 0 aliphatic heterocycles. The van der Waals surface area contributed by atoms with E-state index < -0.39 is 0 Å². The number of rotatable bonds is 3. The number of H-pyrrole nitrogens is 1. The maximum atomic E-state index is 5.86. The van der Waals surface area contributed by atoms with Crippen LogP contribution in [0.1, 0.15) is 5.56 Å². The van der Waals surface area contributed by atoms with Crippen molar-refractivity contribution in [3.8, 4) is 0 Å². The van der Waals surface area contributed by atoms with Gasteiger partial charge in [0.05, 0.1) is 6.33 Å². The summed E-state index contributed by atoms with van der Waals surface area (Å²) in [6.07, 6.45) is 1.57. The number of imidazole rings is 1. The van der Waals surface area contributed by atoms with Crippen LogP contribution in [0.3, 0.4) is 0 Å². The molecule has 0 saturated carbocycles. The molecule has 0 atom stereocenters. The van der Waals surface area contributed by atoms with E-state index in [2.05, 4.69) is 41.2 Å². The van der Waals surface area contributed by atoms with Crippen molar-refractivity contribution < 1.29 is 0 Å². The van der Waals surface area contributed by atoms with Gasteiger partial charge in [-0.3, -0.25) is 0 Å². The van der Waals surface area contributed by atoms with E-state index >= 15 is 0 Å². The van der Waals surface area contributed by atoms with Crippen LogP contribution in [0.15, 0.2) is 35.1 Å². The Morgan fingerprint density at radius 3 is 2.79 bits per heavy atom. The average molecular weight is 339 g/mol. The number of fused-ring (bicyclic) bond motifs is 1. The van der Waals surface area contributed by atoms with Gasteiger partial charge in [-0.1, -0.05) is 28.1 Å². The number of anilines is 1. The minimum absolute atomic E-state index is 0.179. The minimum Gasteiger partial charge on any atom is -0.364 e. The average Bonchev–Trinajstić information content (AvgIpc) is 2.85. The first-order valence-corrected chi connectivity index (χ1v) is 6.74. The summed E-state index contributed by atoms with van der Waals surface area (Å²) in [5.41, 5.74) is 2.45. The van der Waals surface area contributed by atoms with Crippen LogP contribution >= 0.6 is 27.5 Å². The third kappa shape index (κ3) is 2.69. The fourth-order valence-corrected chi connectivity index (χ4v) is 2.15. The van der Waals surface area contributed by atoms with Crippen LogP contribution in [0.4, 0.5) is 5.82 Å². The van der Waals surface area contributed by atoms with Gasteiger partial charge in [-0.2, -0.15) is 9.97 Å². The number of aromatic amines is 1. The highest BCUT2D eigenvalue weighted by atomic mass is 79.9. The number of benzene rings is 1. The van der Waals surface area contributed by atoms with Gasteiger partial charge in [0.2, 0.25) is 5.28 Å². The molecule has 2 heterocycles. The van der Waals surface area contributed by atoms with Crippen molar-refractivity contribution in [1.29, 1.82) is 0 Å². The maximum absolute atomic E-state index is 5.86. The molecule has 0 aliphatic carbocycles. The molecule has 19 heavy (non-hydrogen) atoms. The van der Waals surface area contributed by atoms with Crippen molar-refractivity contribution in [3.05, 3.63) is 45.9 Å². The molecule has 0 radical (unpaired) electrons. The van der Waals surface area contributed by atoms with Crippen molar-refractivity contribution in [1.82, 2.24) is 19.9 Å². The molecular formula is C12H9BrClN5. The molecule has 0 saturated heterocycles. The molecule has 0 unspecified atom stereocenters. The Bertz CT molecular complexity index is 710. The van der Waals surface area contributed by atoms with Crippen molar-refractivity contribution in [2.75, 3.05) is 5.32 Å². The third-order valence-corrected chi connectivity index (χ3v) is 3.33. The molecule has 0 fully saturated rings. The molecular weight excluding hydrogens is 330 g/mol. The van der Waals surface area contributed by atoms with E-state index in [1.54, 1.807) is 6.33 Å². The van der Waals surface area contributed by atoms with Gasteiger partial charge < -0.3 is 10.3 Å². The summed E-state index contributed by atoms with van der Waals surface area (Å²) in [7, 11) is 0. The van der Waals surface area contributed by atoms with Gasteiger partial charge in [0, 0.05) is 11.0 Å². The Hall–Kier alpha value is -1.66. The summed E-state index contributed by atoms with van der Waals surface area (Å²) in [6.45, 7) is 0.648. The number of aromatic nitrogens is 4. The lowest BCUT2D eigenvalue weighted by molar-refractivity contribution is 1.10. The van der Waals surface area contributed by atoms with Crippen LogP contribution in [0.5, 0.6) is 0 Å². The van der Waals surface area contributed by atoms with Crippen molar-refractivity contribution in [3.63, 3.8) is 0 Å². The maximum Gasteiger partial charge on any atom is 0.226 e. The zero-order valence-corrected chi connectivity index (χ0v) is 12.0. The van der Waals surface area contributed by atoms with Crippen LogP contribution in [0.25, 0.3) is 11.2 Å². The third-order valence-electron chi connectivity index (χ3n) is 2.63. The Morgan fingerprint density at radius 2 is 2.00 bits per heavy atom. The smallest absolute Gasteiger partial charge is 0.226 e. The summed E-state index contributed by atoms with van der Waals surface area (Å²) < 4.78 is 1.05. The van der Waals surface area contributed by atoms with Crippen molar-refractivity contribution >= 4 is 44.5 Å². The second-order valence-electron chi connectivity index (χ2n) is 3.92. The predicted octanol–water partition coefficient (Wildman–Crippen LogP) is 3.38. The molecule has 2 aromatic heterocycles. The highest BCUT2D eigenvalue weighted by Gasteiger charge is 2.08. The van der Waals surface area contributed by atoms with Crippen LogP contribution in [0, 0.1) is 0 Å². The predicted molar refractivity (Wildman–Crippen MR) is 78.2 cm³/mol. The van der Waals surface area contributed by atoms with E-state index in [0.29, 0.717) is 18.0 Å². The number of nitrogens with one attached hydrogen (secondary N) is 2. The SMILES string of the molecule is Clc1nc(NCc2ccc(Br)cc2)c2[nH]cnc2n1. The van der Waals surface area contributed by atoms with Gasteiger partial charge in [0.15, 0.2) is 11.5 Å². The van der Waals surface area contributed by atoms with E-state index in [4.69, 9.17) is 11.6 Å². The first-order chi connectivity index (χ1) is 9.22. The van der Waals surface area contributed by atoms with Gasteiger partial charge in [-0.15, -0.1) is 0 Å². The highest BCUT2D eigenvalue weighted by Crippen LogP contribution is 2.19. The van der Waals surface area contributed by atoms with E-state index in [-0.39, 0.29) is 5.28 Å². The lowest BCUT2D eigenvalue weighted by atomic mass is 10.2. The van der Waals surface area contributed by atoms with Gasteiger partial charge in [-0.25, -0.2) is 4.98 Å². The van der Waals surface area contributed by atoms with Crippen molar-refractivity contribution in [2.45, 2.75) is 6.54 Å². The Labute approximate surface area is 122 Å². The topological polar surface area (TPSA) is 66.5 Å². The number of hydrogen-bond donors (Lipinski definition) is 2. The van der Waals surface area contributed by atoms with Gasteiger partial charge in [0.25, 0.3) is 0 Å². The zero-order valence-electron chi connectivity index (χ0n) is 9.69. The number of hydrogen-bond acceptors (Lipinski definition) is 4. The molecule has 2 N–H and O–H groups in total. The monoisotopic (exact) mass is 337 g/mol. The molecule has 0 bridgehead atoms. The summed E-state index contributed by atoms with van der Waals surface area (Å²) in [6, 6.07) is 8.06. The summed E-state index contributed by atoms with van der Waals surface area (Å²) in [5.74, 6) is 0.649. The van der Waals surface area contributed by atoms with Crippen molar-refractivity contribution in [2.24, 2.45) is 0 Å². The van der Waals surface area contributed by atoms with Crippen LogP contribution in [-0.4, -0.2) is 19.9 Å². The van der Waals surface area contributed by atoms with Crippen LogP contribution in [-0.2, 0) is 6.54 Å². The molecule has 3 rings (SSSR count). The van der Waals surface area contributed by atoms with Gasteiger partial charge >= 0.3 is 0 Å². The minimum atomic E-state index is 0.179. The first-order valence-electron chi connectivity index (χ1n) is 5.57. The second-order valence-corrected chi connectivity index (χ2v) is 5.18.